The van der Waals surface area contributed by atoms with Crippen molar-refractivity contribution in [1.82, 2.24) is 4.90 Å². The van der Waals surface area contributed by atoms with E-state index in [2.05, 4.69) is 0 Å². The Kier molecular flexibility index (Phi) is 5.98. The zero-order valence-corrected chi connectivity index (χ0v) is 15.2. The van der Waals surface area contributed by atoms with E-state index in [0.29, 0.717) is 13.1 Å². The van der Waals surface area contributed by atoms with Crippen molar-refractivity contribution in [2.45, 2.75) is 13.5 Å². The largest absolute Gasteiger partial charge is 0.378 e. The van der Waals surface area contributed by atoms with E-state index in [1.54, 1.807) is 4.90 Å². The minimum atomic E-state index is -0.538. The number of carbonyl (C=O) groups is 1. The topological polar surface area (TPSA) is 66.7 Å². The molecular formula is C18H20ClN3O3. The Morgan fingerprint density at radius 1 is 1.16 bits per heavy atom. The maximum absolute atomic E-state index is 12.7. The molecule has 2 rings (SSSR count). The van der Waals surface area contributed by atoms with E-state index in [1.165, 1.54) is 18.2 Å². The number of nitro groups is 1. The zero-order valence-electron chi connectivity index (χ0n) is 14.4. The van der Waals surface area contributed by atoms with E-state index < -0.39 is 4.92 Å². The van der Waals surface area contributed by atoms with Gasteiger partial charge in [-0.05, 0) is 30.7 Å². The van der Waals surface area contributed by atoms with Gasteiger partial charge in [0.05, 0.1) is 15.5 Å². The number of nitrogens with zero attached hydrogens (tertiary/aromatic N) is 3. The number of rotatable bonds is 6. The third-order valence-corrected chi connectivity index (χ3v) is 4.20. The number of hydrogen-bond donors (Lipinski definition) is 0. The molecule has 0 fully saturated rings. The number of benzene rings is 2. The maximum atomic E-state index is 12.7. The van der Waals surface area contributed by atoms with Gasteiger partial charge in [-0.15, -0.1) is 0 Å². The van der Waals surface area contributed by atoms with Gasteiger partial charge in [-0.3, -0.25) is 14.9 Å². The molecule has 25 heavy (non-hydrogen) atoms. The van der Waals surface area contributed by atoms with E-state index in [4.69, 9.17) is 11.6 Å². The van der Waals surface area contributed by atoms with Crippen molar-refractivity contribution >= 4 is 28.9 Å². The number of non-ortho nitro benzene ring substituents is 1. The summed E-state index contributed by atoms with van der Waals surface area (Å²) >= 11 is 6.07. The molecule has 0 aliphatic rings. The molecule has 132 valence electrons. The second-order valence-electron chi connectivity index (χ2n) is 5.80. The van der Waals surface area contributed by atoms with Gasteiger partial charge in [-0.1, -0.05) is 23.7 Å². The molecule has 0 aromatic heterocycles. The first-order valence-corrected chi connectivity index (χ1v) is 8.20. The van der Waals surface area contributed by atoms with Gasteiger partial charge in [0.15, 0.2) is 0 Å². The van der Waals surface area contributed by atoms with Crippen molar-refractivity contribution in [2.75, 3.05) is 25.5 Å². The second-order valence-corrected chi connectivity index (χ2v) is 6.21. The van der Waals surface area contributed by atoms with Crippen LogP contribution in [0.25, 0.3) is 0 Å². The molecule has 0 saturated carbocycles. The molecule has 0 saturated heterocycles. The van der Waals surface area contributed by atoms with E-state index in [1.807, 2.05) is 50.2 Å². The minimum Gasteiger partial charge on any atom is -0.378 e. The van der Waals surface area contributed by atoms with Crippen molar-refractivity contribution in [3.8, 4) is 0 Å². The van der Waals surface area contributed by atoms with Crippen LogP contribution in [-0.2, 0) is 6.54 Å². The highest BCUT2D eigenvalue weighted by Gasteiger charge is 2.19. The second kappa shape index (κ2) is 7.98. The average Bonchev–Trinajstić information content (AvgIpc) is 2.59. The molecule has 6 nitrogen and oxygen atoms in total. The summed E-state index contributed by atoms with van der Waals surface area (Å²) in [6.07, 6.45) is 0. The number of nitro benzene ring substituents is 1. The third-order valence-electron chi connectivity index (χ3n) is 3.89. The summed E-state index contributed by atoms with van der Waals surface area (Å²) < 4.78 is 0. The smallest absolute Gasteiger partial charge is 0.270 e. The van der Waals surface area contributed by atoms with Gasteiger partial charge in [0.25, 0.3) is 11.6 Å². The van der Waals surface area contributed by atoms with Gasteiger partial charge in [-0.2, -0.15) is 0 Å². The van der Waals surface area contributed by atoms with Gasteiger partial charge in [0.1, 0.15) is 0 Å². The number of hydrogen-bond acceptors (Lipinski definition) is 4. The normalized spacial score (nSPS) is 10.4. The lowest BCUT2D eigenvalue weighted by Gasteiger charge is -2.22. The van der Waals surface area contributed by atoms with Crippen molar-refractivity contribution in [1.29, 1.82) is 0 Å². The first kappa shape index (κ1) is 18.7. The molecule has 2 aromatic rings. The molecule has 0 N–H and O–H groups in total. The Balaban J connectivity index is 2.19. The Morgan fingerprint density at radius 3 is 2.28 bits per heavy atom. The van der Waals surface area contributed by atoms with E-state index in [0.717, 1.165) is 11.3 Å². The molecule has 0 aliphatic heterocycles. The Morgan fingerprint density at radius 2 is 1.80 bits per heavy atom. The van der Waals surface area contributed by atoms with Crippen molar-refractivity contribution in [2.24, 2.45) is 0 Å². The first-order valence-electron chi connectivity index (χ1n) is 7.83. The fourth-order valence-electron chi connectivity index (χ4n) is 2.41. The van der Waals surface area contributed by atoms with Crippen LogP contribution in [0.1, 0.15) is 22.8 Å². The fourth-order valence-corrected chi connectivity index (χ4v) is 2.66. The van der Waals surface area contributed by atoms with Crippen LogP contribution in [-0.4, -0.2) is 36.4 Å². The molecule has 0 aliphatic carbocycles. The van der Waals surface area contributed by atoms with Gasteiger partial charge < -0.3 is 9.80 Å². The summed E-state index contributed by atoms with van der Waals surface area (Å²) in [7, 11) is 3.93. The van der Waals surface area contributed by atoms with E-state index in [9.17, 15) is 14.9 Å². The SMILES string of the molecule is CCN(Cc1ccc(N(C)C)cc1)C(=O)c1ccc([N+](=O)[O-])cc1Cl. The molecule has 0 heterocycles. The van der Waals surface area contributed by atoms with Crippen LogP contribution in [0.3, 0.4) is 0 Å². The standard InChI is InChI=1S/C18H20ClN3O3/c1-4-21(12-13-5-7-14(8-6-13)20(2)3)18(23)16-10-9-15(22(24)25)11-17(16)19/h5-11H,4,12H2,1-3H3. The molecule has 2 aromatic carbocycles. The predicted octanol–water partition coefficient (Wildman–Crippen LogP) is 3.98. The molecule has 7 heteroatoms. The molecule has 0 bridgehead atoms. The van der Waals surface area contributed by atoms with Gasteiger partial charge in [-0.25, -0.2) is 0 Å². The molecule has 1 amide bonds. The summed E-state index contributed by atoms with van der Waals surface area (Å²) in [4.78, 5) is 26.6. The van der Waals surface area contributed by atoms with Crippen LogP contribution in [0.5, 0.6) is 0 Å². The van der Waals surface area contributed by atoms with Crippen molar-refractivity contribution in [3.63, 3.8) is 0 Å². The summed E-state index contributed by atoms with van der Waals surface area (Å²) in [5.41, 5.74) is 2.21. The maximum Gasteiger partial charge on any atom is 0.270 e. The highest BCUT2D eigenvalue weighted by atomic mass is 35.5. The Hall–Kier alpha value is -2.60. The Bertz CT molecular complexity index is 776. The van der Waals surface area contributed by atoms with Crippen LogP contribution < -0.4 is 4.90 Å². The fraction of sp³-hybridized carbons (Fsp3) is 0.278. The van der Waals surface area contributed by atoms with E-state index in [-0.39, 0.29) is 22.2 Å². The van der Waals surface area contributed by atoms with Gasteiger partial charge >= 0.3 is 0 Å². The van der Waals surface area contributed by atoms with Crippen LogP contribution >= 0.6 is 11.6 Å². The number of carbonyl (C=O) groups excluding carboxylic acids is 1. The minimum absolute atomic E-state index is 0.0839. The van der Waals surface area contributed by atoms with Gasteiger partial charge in [0.2, 0.25) is 0 Å². The number of anilines is 1. The first-order chi connectivity index (χ1) is 11.8. The van der Waals surface area contributed by atoms with Crippen molar-refractivity contribution in [3.05, 3.63) is 68.7 Å². The molecule has 0 unspecified atom stereocenters. The zero-order chi connectivity index (χ0) is 18.6. The molecular weight excluding hydrogens is 342 g/mol. The molecule has 0 atom stereocenters. The lowest BCUT2D eigenvalue weighted by atomic mass is 10.1. The Labute approximate surface area is 151 Å². The average molecular weight is 362 g/mol. The van der Waals surface area contributed by atoms with Crippen LogP contribution in [0.4, 0.5) is 11.4 Å². The van der Waals surface area contributed by atoms with Gasteiger partial charge in [0, 0.05) is 45.0 Å². The predicted molar refractivity (Wildman–Crippen MR) is 99.3 cm³/mol. The van der Waals surface area contributed by atoms with Crippen LogP contribution in [0.2, 0.25) is 5.02 Å². The lowest BCUT2D eigenvalue weighted by Crippen LogP contribution is -2.30. The summed E-state index contributed by atoms with van der Waals surface area (Å²) in [6.45, 7) is 2.82. The number of halogens is 1. The van der Waals surface area contributed by atoms with Crippen LogP contribution in [0.15, 0.2) is 42.5 Å². The lowest BCUT2D eigenvalue weighted by molar-refractivity contribution is -0.384. The highest BCUT2D eigenvalue weighted by Crippen LogP contribution is 2.24. The van der Waals surface area contributed by atoms with E-state index >= 15 is 0 Å². The summed E-state index contributed by atoms with van der Waals surface area (Å²) in [6, 6.07) is 11.8. The highest BCUT2D eigenvalue weighted by molar-refractivity contribution is 6.34. The third kappa shape index (κ3) is 4.48. The van der Waals surface area contributed by atoms with Crippen molar-refractivity contribution < 1.29 is 9.72 Å². The molecule has 0 radical (unpaired) electrons. The van der Waals surface area contributed by atoms with Crippen LogP contribution in [0, 0.1) is 10.1 Å². The summed E-state index contributed by atoms with van der Waals surface area (Å²) in [5, 5.41) is 10.9. The monoisotopic (exact) mass is 361 g/mol. The number of amides is 1. The summed E-state index contributed by atoms with van der Waals surface area (Å²) in [5.74, 6) is -0.251. The molecule has 0 spiro atoms. The quantitative estimate of drug-likeness (QED) is 0.576.